The molecule has 1 atom stereocenters. The summed E-state index contributed by atoms with van der Waals surface area (Å²) in [5.74, 6) is 0.146. The number of nitro groups is 1. The summed E-state index contributed by atoms with van der Waals surface area (Å²) in [5, 5.41) is 19.7. The smallest absolute Gasteiger partial charge is 0.336 e. The van der Waals surface area contributed by atoms with Gasteiger partial charge in [0, 0.05) is 49.4 Å². The zero-order chi connectivity index (χ0) is 22.8. The predicted molar refractivity (Wildman–Crippen MR) is 119 cm³/mol. The number of fused-ring (bicyclic) bond motifs is 1. The van der Waals surface area contributed by atoms with Crippen molar-refractivity contribution in [2.24, 2.45) is 7.05 Å². The van der Waals surface area contributed by atoms with Crippen LogP contribution in [-0.2, 0) is 21.3 Å². The standard InChI is InChI=1S/C23H28N4O5/c1-14-18(23(28)32-12-11-31-3)19(16-9-6-10-17(13-16)27(29)30)20-21(15-7-4-5-8-15)25-26(2)22(20)24-14/h6,9-10,13,15,19,24H,4-5,7-8,11-12H2,1-3H3. The number of benzene rings is 1. The zero-order valence-electron chi connectivity index (χ0n) is 18.6. The molecular weight excluding hydrogens is 412 g/mol. The number of carbonyl (C=O) groups is 1. The van der Waals surface area contributed by atoms with Crippen molar-refractivity contribution in [3.8, 4) is 0 Å². The molecule has 2 aromatic rings. The fourth-order valence-electron chi connectivity index (χ4n) is 4.82. The van der Waals surface area contributed by atoms with Crippen molar-refractivity contribution in [2.45, 2.75) is 44.4 Å². The third kappa shape index (κ3) is 4.00. The molecule has 1 fully saturated rings. The number of hydrogen-bond donors (Lipinski definition) is 1. The zero-order valence-corrected chi connectivity index (χ0v) is 18.6. The van der Waals surface area contributed by atoms with Crippen LogP contribution in [-0.4, -0.2) is 41.0 Å². The average Bonchev–Trinajstić information content (AvgIpc) is 3.41. The van der Waals surface area contributed by atoms with Gasteiger partial charge >= 0.3 is 5.97 Å². The van der Waals surface area contributed by atoms with Gasteiger partial charge in [0.1, 0.15) is 12.4 Å². The summed E-state index contributed by atoms with van der Waals surface area (Å²) in [4.78, 5) is 24.3. The van der Waals surface area contributed by atoms with E-state index >= 15 is 0 Å². The number of allylic oxidation sites excluding steroid dienone is 1. The van der Waals surface area contributed by atoms with Gasteiger partial charge in [-0.15, -0.1) is 0 Å². The molecule has 2 heterocycles. The number of nitrogens with zero attached hydrogens (tertiary/aromatic N) is 3. The number of rotatable bonds is 7. The fourth-order valence-corrected chi connectivity index (χ4v) is 4.82. The van der Waals surface area contributed by atoms with Crippen LogP contribution >= 0.6 is 0 Å². The number of esters is 1. The van der Waals surface area contributed by atoms with E-state index in [-0.39, 0.29) is 12.3 Å². The van der Waals surface area contributed by atoms with Crippen LogP contribution in [0, 0.1) is 10.1 Å². The Morgan fingerprint density at radius 3 is 2.75 bits per heavy atom. The molecule has 1 N–H and O–H groups in total. The van der Waals surface area contributed by atoms with Crippen LogP contribution in [0.1, 0.15) is 61.3 Å². The second-order valence-electron chi connectivity index (χ2n) is 8.33. The largest absolute Gasteiger partial charge is 0.460 e. The number of hydrogen-bond acceptors (Lipinski definition) is 7. The Bertz CT molecular complexity index is 1070. The number of carbonyl (C=O) groups excluding carboxylic acids is 1. The first-order valence-corrected chi connectivity index (χ1v) is 10.9. The summed E-state index contributed by atoms with van der Waals surface area (Å²) in [6.45, 7) is 2.24. The Kier molecular flexibility index (Phi) is 6.27. The number of nitrogens with one attached hydrogen (secondary N) is 1. The molecule has 0 radical (unpaired) electrons. The number of nitro benzene ring substituents is 1. The van der Waals surface area contributed by atoms with E-state index in [0.29, 0.717) is 29.4 Å². The second kappa shape index (κ2) is 9.12. The summed E-state index contributed by atoms with van der Waals surface area (Å²) in [7, 11) is 3.42. The van der Waals surface area contributed by atoms with E-state index in [1.54, 1.807) is 19.2 Å². The predicted octanol–water partition coefficient (Wildman–Crippen LogP) is 4.01. The van der Waals surface area contributed by atoms with Crippen LogP contribution in [0.25, 0.3) is 0 Å². The Hall–Kier alpha value is -3.20. The molecule has 0 amide bonds. The first-order valence-electron chi connectivity index (χ1n) is 10.9. The van der Waals surface area contributed by atoms with Gasteiger partial charge in [-0.3, -0.25) is 14.8 Å². The van der Waals surface area contributed by atoms with E-state index in [2.05, 4.69) is 5.32 Å². The van der Waals surface area contributed by atoms with Crippen molar-refractivity contribution in [3.63, 3.8) is 0 Å². The van der Waals surface area contributed by atoms with E-state index in [4.69, 9.17) is 14.6 Å². The fraction of sp³-hybridized carbons (Fsp3) is 0.478. The summed E-state index contributed by atoms with van der Waals surface area (Å²) >= 11 is 0. The maximum atomic E-state index is 13.2. The topological polar surface area (TPSA) is 109 Å². The monoisotopic (exact) mass is 440 g/mol. The van der Waals surface area contributed by atoms with E-state index in [9.17, 15) is 14.9 Å². The second-order valence-corrected chi connectivity index (χ2v) is 8.33. The van der Waals surface area contributed by atoms with Gasteiger partial charge < -0.3 is 14.8 Å². The number of anilines is 1. The van der Waals surface area contributed by atoms with E-state index in [1.165, 1.54) is 6.07 Å². The molecule has 2 aliphatic rings. The number of aryl methyl sites for hydroxylation is 1. The Morgan fingerprint density at radius 1 is 1.31 bits per heavy atom. The van der Waals surface area contributed by atoms with Gasteiger partial charge in [-0.2, -0.15) is 5.10 Å². The van der Waals surface area contributed by atoms with Gasteiger partial charge in [-0.25, -0.2) is 4.79 Å². The van der Waals surface area contributed by atoms with Crippen molar-refractivity contribution in [1.29, 1.82) is 0 Å². The van der Waals surface area contributed by atoms with Crippen molar-refractivity contribution in [2.75, 3.05) is 25.6 Å². The van der Waals surface area contributed by atoms with Gasteiger partial charge in [-0.1, -0.05) is 25.0 Å². The lowest BCUT2D eigenvalue weighted by Gasteiger charge is -2.29. The average molecular weight is 441 g/mol. The van der Waals surface area contributed by atoms with Crippen LogP contribution in [0.2, 0.25) is 0 Å². The molecule has 1 aliphatic heterocycles. The van der Waals surface area contributed by atoms with Gasteiger partial charge in [0.05, 0.1) is 22.8 Å². The van der Waals surface area contributed by atoms with Crippen LogP contribution in [0.15, 0.2) is 35.5 Å². The van der Waals surface area contributed by atoms with Gasteiger partial charge in [0.25, 0.3) is 5.69 Å². The van der Waals surface area contributed by atoms with Crippen molar-refractivity contribution in [3.05, 3.63) is 62.5 Å². The molecule has 9 heteroatoms. The molecule has 170 valence electrons. The van der Waals surface area contributed by atoms with E-state index in [0.717, 1.165) is 42.8 Å². The van der Waals surface area contributed by atoms with Crippen LogP contribution in [0.4, 0.5) is 11.5 Å². The highest BCUT2D eigenvalue weighted by molar-refractivity contribution is 5.94. The molecule has 32 heavy (non-hydrogen) atoms. The Morgan fingerprint density at radius 2 is 2.06 bits per heavy atom. The molecule has 1 saturated carbocycles. The number of methoxy groups -OCH3 is 1. The molecule has 9 nitrogen and oxygen atoms in total. The number of non-ortho nitro benzene ring substituents is 1. The molecule has 0 bridgehead atoms. The molecule has 4 rings (SSSR count). The van der Waals surface area contributed by atoms with Crippen molar-refractivity contribution >= 4 is 17.5 Å². The molecular formula is C23H28N4O5. The van der Waals surface area contributed by atoms with Gasteiger partial charge in [0.2, 0.25) is 0 Å². The molecule has 1 aliphatic carbocycles. The number of ether oxygens (including phenoxy) is 2. The molecule has 1 aromatic carbocycles. The van der Waals surface area contributed by atoms with Crippen LogP contribution < -0.4 is 5.32 Å². The summed E-state index contributed by atoms with van der Waals surface area (Å²) in [6.07, 6.45) is 4.38. The highest BCUT2D eigenvalue weighted by atomic mass is 16.6. The van der Waals surface area contributed by atoms with Crippen LogP contribution in [0.3, 0.4) is 0 Å². The minimum atomic E-state index is -0.509. The first-order chi connectivity index (χ1) is 15.4. The molecule has 1 unspecified atom stereocenters. The highest BCUT2D eigenvalue weighted by Gasteiger charge is 2.40. The maximum Gasteiger partial charge on any atom is 0.336 e. The van der Waals surface area contributed by atoms with E-state index in [1.807, 2.05) is 24.7 Å². The molecule has 1 aromatic heterocycles. The third-order valence-electron chi connectivity index (χ3n) is 6.30. The normalized spacial score (nSPS) is 18.4. The summed E-state index contributed by atoms with van der Waals surface area (Å²) in [6, 6.07) is 6.48. The molecule has 0 saturated heterocycles. The van der Waals surface area contributed by atoms with Gasteiger partial charge in [-0.05, 0) is 25.3 Å². The third-order valence-corrected chi connectivity index (χ3v) is 6.30. The van der Waals surface area contributed by atoms with Gasteiger partial charge in [0.15, 0.2) is 0 Å². The quantitative estimate of drug-likeness (QED) is 0.300. The lowest BCUT2D eigenvalue weighted by atomic mass is 9.79. The van der Waals surface area contributed by atoms with Crippen molar-refractivity contribution < 1.29 is 19.2 Å². The Labute approximate surface area is 186 Å². The van der Waals surface area contributed by atoms with E-state index < -0.39 is 16.8 Å². The lowest BCUT2D eigenvalue weighted by molar-refractivity contribution is -0.384. The first kappa shape index (κ1) is 22.0. The maximum absolute atomic E-state index is 13.2. The minimum Gasteiger partial charge on any atom is -0.460 e. The highest BCUT2D eigenvalue weighted by Crippen LogP contribution is 2.48. The van der Waals surface area contributed by atoms with Crippen molar-refractivity contribution in [1.82, 2.24) is 9.78 Å². The SMILES string of the molecule is COCCOC(=O)C1=C(C)Nc2c(c(C3CCCC3)nn2C)C1c1cccc([N+](=O)[O-])c1. The van der Waals surface area contributed by atoms with Crippen LogP contribution in [0.5, 0.6) is 0 Å². The minimum absolute atomic E-state index is 0.0151. The number of aromatic nitrogens is 2. The molecule has 0 spiro atoms. The lowest BCUT2D eigenvalue weighted by Crippen LogP contribution is -2.26. The summed E-state index contributed by atoms with van der Waals surface area (Å²) < 4.78 is 12.3. The Balaban J connectivity index is 1.87. The summed E-state index contributed by atoms with van der Waals surface area (Å²) in [5.41, 5.74) is 3.62.